The van der Waals surface area contributed by atoms with Crippen LogP contribution in [0.25, 0.3) is 22.6 Å². The highest BCUT2D eigenvalue weighted by atomic mass is 32.2. The van der Waals surface area contributed by atoms with Crippen molar-refractivity contribution in [1.82, 2.24) is 9.97 Å². The Kier molecular flexibility index (Phi) is 7.50. The SMILES string of the molecule is Cc1oc(-c2ccccc2F)nc1CSc1nc(N)c(C#N)c(-c2ccc(OCCO)cc2)c1C#N. The first-order valence-corrected chi connectivity index (χ1v) is 11.8. The number of nitrogens with two attached hydrogens (primary N) is 1. The standard InChI is InChI=1S/C26H20FN5O3S/c1-15-22(31-25(35-15)18-4-2-3-5-21(18)27)14-36-26-20(13-29)23(19(12-28)24(30)32-26)16-6-8-17(9-7-16)34-11-10-33/h2-9,33H,10-11,14H2,1H3,(H2,30,32). The number of hydrogen-bond acceptors (Lipinski definition) is 9. The van der Waals surface area contributed by atoms with Crippen molar-refractivity contribution in [3.05, 3.63) is 76.9 Å². The fourth-order valence-electron chi connectivity index (χ4n) is 3.52. The van der Waals surface area contributed by atoms with Crippen molar-refractivity contribution in [3.63, 3.8) is 0 Å². The minimum atomic E-state index is -0.441. The van der Waals surface area contributed by atoms with Crippen LogP contribution in [0.4, 0.5) is 10.2 Å². The van der Waals surface area contributed by atoms with E-state index in [-0.39, 0.29) is 47.4 Å². The van der Waals surface area contributed by atoms with E-state index in [1.807, 2.05) is 6.07 Å². The quantitative estimate of drug-likeness (QED) is 0.324. The van der Waals surface area contributed by atoms with Gasteiger partial charge in [-0.2, -0.15) is 10.5 Å². The minimum absolute atomic E-state index is 0.00136. The molecule has 0 fully saturated rings. The first-order valence-electron chi connectivity index (χ1n) is 10.8. The summed E-state index contributed by atoms with van der Waals surface area (Å²) in [4.78, 5) is 8.74. The van der Waals surface area contributed by atoms with Crippen molar-refractivity contribution in [2.24, 2.45) is 0 Å². The number of aliphatic hydroxyl groups excluding tert-OH is 1. The number of benzene rings is 2. The van der Waals surface area contributed by atoms with Crippen LogP contribution in [-0.2, 0) is 5.75 Å². The van der Waals surface area contributed by atoms with Crippen LogP contribution in [0, 0.1) is 35.4 Å². The van der Waals surface area contributed by atoms with Gasteiger partial charge >= 0.3 is 0 Å². The number of pyridine rings is 1. The van der Waals surface area contributed by atoms with Gasteiger partial charge < -0.3 is 20.0 Å². The summed E-state index contributed by atoms with van der Waals surface area (Å²) in [6.45, 7) is 1.76. The van der Waals surface area contributed by atoms with E-state index in [4.69, 9.17) is 20.0 Å². The van der Waals surface area contributed by atoms with Crippen LogP contribution in [0.2, 0.25) is 0 Å². The Morgan fingerprint density at radius 2 is 1.81 bits per heavy atom. The number of oxazole rings is 1. The smallest absolute Gasteiger partial charge is 0.229 e. The lowest BCUT2D eigenvalue weighted by Crippen LogP contribution is -2.04. The largest absolute Gasteiger partial charge is 0.491 e. The molecule has 36 heavy (non-hydrogen) atoms. The number of rotatable bonds is 8. The number of anilines is 1. The molecule has 0 aliphatic carbocycles. The van der Waals surface area contributed by atoms with Crippen LogP contribution in [0.5, 0.6) is 5.75 Å². The molecule has 2 heterocycles. The lowest BCUT2D eigenvalue weighted by molar-refractivity contribution is 0.201. The molecule has 0 aliphatic rings. The summed E-state index contributed by atoms with van der Waals surface area (Å²) in [6, 6.07) is 17.2. The second kappa shape index (κ2) is 10.9. The van der Waals surface area contributed by atoms with Gasteiger partial charge in [-0.05, 0) is 36.8 Å². The molecule has 4 rings (SSSR count). The maximum absolute atomic E-state index is 14.2. The molecule has 0 aliphatic heterocycles. The van der Waals surface area contributed by atoms with Gasteiger partial charge in [0.2, 0.25) is 5.89 Å². The van der Waals surface area contributed by atoms with Gasteiger partial charge in [-0.3, -0.25) is 0 Å². The normalized spacial score (nSPS) is 10.6. The summed E-state index contributed by atoms with van der Waals surface area (Å²) in [5, 5.41) is 29.0. The van der Waals surface area contributed by atoms with E-state index < -0.39 is 5.82 Å². The number of hydrogen-bond donors (Lipinski definition) is 2. The number of aromatic nitrogens is 2. The van der Waals surface area contributed by atoms with E-state index in [1.54, 1.807) is 49.4 Å². The predicted octanol–water partition coefficient (Wildman–Crippen LogP) is 4.84. The molecule has 4 aromatic rings. The Hall–Kier alpha value is -4.38. The van der Waals surface area contributed by atoms with Crippen LogP contribution in [0.3, 0.4) is 0 Å². The van der Waals surface area contributed by atoms with Gasteiger partial charge in [0.05, 0.1) is 23.4 Å². The fourth-order valence-corrected chi connectivity index (χ4v) is 4.52. The Bertz CT molecular complexity index is 1490. The summed E-state index contributed by atoms with van der Waals surface area (Å²) in [7, 11) is 0. The van der Waals surface area contributed by atoms with Gasteiger partial charge in [0, 0.05) is 11.3 Å². The average molecular weight is 502 g/mol. The molecule has 2 aromatic carbocycles. The minimum Gasteiger partial charge on any atom is -0.491 e. The van der Waals surface area contributed by atoms with Crippen molar-refractivity contribution < 1.29 is 18.7 Å². The van der Waals surface area contributed by atoms with Crippen molar-refractivity contribution in [2.75, 3.05) is 18.9 Å². The van der Waals surface area contributed by atoms with Crippen LogP contribution < -0.4 is 10.5 Å². The van der Waals surface area contributed by atoms with Crippen LogP contribution in [0.1, 0.15) is 22.6 Å². The van der Waals surface area contributed by atoms with Crippen molar-refractivity contribution in [3.8, 4) is 40.5 Å². The Morgan fingerprint density at radius 1 is 1.08 bits per heavy atom. The summed E-state index contributed by atoms with van der Waals surface area (Å²) < 4.78 is 25.2. The number of ether oxygens (including phenoxy) is 1. The number of nitrogen functional groups attached to an aromatic ring is 1. The first-order chi connectivity index (χ1) is 17.5. The second-order valence-electron chi connectivity index (χ2n) is 7.54. The van der Waals surface area contributed by atoms with Crippen molar-refractivity contribution >= 4 is 17.6 Å². The van der Waals surface area contributed by atoms with E-state index in [0.29, 0.717) is 33.4 Å². The number of thioether (sulfide) groups is 1. The Labute approximate surface area is 210 Å². The number of halogens is 1. The Morgan fingerprint density at radius 3 is 2.47 bits per heavy atom. The zero-order valence-corrected chi connectivity index (χ0v) is 20.0. The molecule has 10 heteroatoms. The van der Waals surface area contributed by atoms with Crippen LogP contribution >= 0.6 is 11.8 Å². The van der Waals surface area contributed by atoms with E-state index >= 15 is 0 Å². The molecular formula is C26H20FN5O3S. The average Bonchev–Trinajstić information content (AvgIpc) is 3.26. The van der Waals surface area contributed by atoms with Crippen LogP contribution in [0.15, 0.2) is 58.0 Å². The lowest BCUT2D eigenvalue weighted by atomic mass is 9.97. The zero-order valence-electron chi connectivity index (χ0n) is 19.2. The zero-order chi connectivity index (χ0) is 25.7. The van der Waals surface area contributed by atoms with Crippen molar-refractivity contribution in [2.45, 2.75) is 17.7 Å². The number of aliphatic hydroxyl groups is 1. The monoisotopic (exact) mass is 501 g/mol. The molecule has 0 saturated heterocycles. The maximum atomic E-state index is 14.2. The molecule has 0 spiro atoms. The highest BCUT2D eigenvalue weighted by molar-refractivity contribution is 7.98. The Balaban J connectivity index is 1.67. The van der Waals surface area contributed by atoms with Gasteiger partial charge in [-0.1, -0.05) is 36.0 Å². The van der Waals surface area contributed by atoms with Gasteiger partial charge in [0.1, 0.15) is 52.5 Å². The highest BCUT2D eigenvalue weighted by Gasteiger charge is 2.22. The van der Waals surface area contributed by atoms with Crippen molar-refractivity contribution in [1.29, 1.82) is 10.5 Å². The fraction of sp³-hybridized carbons (Fsp3) is 0.154. The molecule has 0 radical (unpaired) electrons. The summed E-state index contributed by atoms with van der Waals surface area (Å²) in [6.07, 6.45) is 0. The molecule has 0 atom stereocenters. The van der Waals surface area contributed by atoms with Gasteiger partial charge in [-0.25, -0.2) is 14.4 Å². The molecule has 2 aromatic heterocycles. The summed E-state index contributed by atoms with van der Waals surface area (Å²) >= 11 is 1.22. The highest BCUT2D eigenvalue weighted by Crippen LogP contribution is 2.37. The first kappa shape index (κ1) is 24.7. The molecule has 3 N–H and O–H groups in total. The number of aryl methyl sites for hydroxylation is 1. The maximum Gasteiger partial charge on any atom is 0.229 e. The van der Waals surface area contributed by atoms with E-state index in [9.17, 15) is 14.9 Å². The number of nitrogens with zero attached hydrogens (tertiary/aromatic N) is 4. The number of nitriles is 2. The molecule has 0 unspecified atom stereocenters. The summed E-state index contributed by atoms with van der Waals surface area (Å²) in [5.41, 5.74) is 8.18. The summed E-state index contributed by atoms with van der Waals surface area (Å²) in [5.74, 6) is 1.05. The molecule has 0 bridgehead atoms. The molecule has 0 saturated carbocycles. The van der Waals surface area contributed by atoms with Gasteiger partial charge in [-0.15, -0.1) is 0 Å². The molecule has 8 nitrogen and oxygen atoms in total. The van der Waals surface area contributed by atoms with Crippen LogP contribution in [-0.4, -0.2) is 28.3 Å². The van der Waals surface area contributed by atoms with Gasteiger partial charge in [0.15, 0.2) is 0 Å². The predicted molar refractivity (Wildman–Crippen MR) is 132 cm³/mol. The third-order valence-corrected chi connectivity index (χ3v) is 6.25. The topological polar surface area (TPSA) is 142 Å². The van der Waals surface area contributed by atoms with E-state index in [1.165, 1.54) is 17.8 Å². The molecule has 180 valence electrons. The molecular weight excluding hydrogens is 481 g/mol. The van der Waals surface area contributed by atoms with E-state index in [2.05, 4.69) is 16.0 Å². The van der Waals surface area contributed by atoms with E-state index in [0.717, 1.165) is 0 Å². The lowest BCUT2D eigenvalue weighted by Gasteiger charge is -2.13. The third kappa shape index (κ3) is 5.01. The second-order valence-corrected chi connectivity index (χ2v) is 8.50. The third-order valence-electron chi connectivity index (χ3n) is 5.26. The molecule has 0 amide bonds. The van der Waals surface area contributed by atoms with Gasteiger partial charge in [0.25, 0.3) is 0 Å².